The van der Waals surface area contributed by atoms with E-state index in [0.29, 0.717) is 11.4 Å². The number of phenolic OH excluding ortho intramolecular Hbond substituents is 1. The van der Waals surface area contributed by atoms with Crippen LogP contribution < -0.4 is 4.90 Å². The number of aromatic hydroxyl groups is 1. The first kappa shape index (κ1) is 17.8. The summed E-state index contributed by atoms with van der Waals surface area (Å²) in [6.07, 6.45) is -4.52. The van der Waals surface area contributed by atoms with E-state index in [9.17, 15) is 23.1 Å². The Hall–Kier alpha value is -3.61. The molecule has 4 nitrogen and oxygen atoms in total. The Balaban J connectivity index is 1.87. The lowest BCUT2D eigenvalue weighted by molar-refractivity contribution is -0.137. The molecule has 0 unspecified atom stereocenters. The molecule has 0 aliphatic carbocycles. The molecule has 0 bridgehead atoms. The number of carbonyl (C=O) groups is 1. The summed E-state index contributed by atoms with van der Waals surface area (Å²) in [5, 5.41) is 10.3. The monoisotopic (exact) mass is 382 g/mol. The Kier molecular flexibility index (Phi) is 4.15. The van der Waals surface area contributed by atoms with E-state index >= 15 is 0 Å². The lowest BCUT2D eigenvalue weighted by Gasteiger charge is -2.16. The van der Waals surface area contributed by atoms with Gasteiger partial charge in [0.15, 0.2) is 0 Å². The number of anilines is 2. The van der Waals surface area contributed by atoms with E-state index in [-0.39, 0.29) is 22.7 Å². The molecular formula is C21H13F3N2O2. The van der Waals surface area contributed by atoms with Crippen LogP contribution in [0.25, 0.3) is 0 Å². The second-order valence-electron chi connectivity index (χ2n) is 6.16. The van der Waals surface area contributed by atoms with Crippen molar-refractivity contribution >= 4 is 28.7 Å². The zero-order valence-electron chi connectivity index (χ0n) is 14.3. The highest BCUT2D eigenvalue weighted by atomic mass is 19.4. The van der Waals surface area contributed by atoms with Gasteiger partial charge in [0.05, 0.1) is 22.5 Å². The van der Waals surface area contributed by atoms with Crippen molar-refractivity contribution in [3.05, 3.63) is 83.9 Å². The van der Waals surface area contributed by atoms with Crippen LogP contribution in [-0.4, -0.2) is 16.7 Å². The molecule has 0 atom stereocenters. The largest absolute Gasteiger partial charge is 0.507 e. The number of benzene rings is 3. The topological polar surface area (TPSA) is 52.9 Å². The minimum absolute atomic E-state index is 0.0257. The van der Waals surface area contributed by atoms with Crippen molar-refractivity contribution in [1.29, 1.82) is 0 Å². The van der Waals surface area contributed by atoms with E-state index in [1.165, 1.54) is 23.1 Å². The number of hydrogen-bond acceptors (Lipinski definition) is 3. The molecule has 0 radical (unpaired) electrons. The Labute approximate surface area is 158 Å². The van der Waals surface area contributed by atoms with Crippen molar-refractivity contribution in [2.75, 3.05) is 4.90 Å². The third kappa shape index (κ3) is 3.00. The van der Waals surface area contributed by atoms with Crippen LogP contribution in [0.3, 0.4) is 0 Å². The minimum Gasteiger partial charge on any atom is -0.507 e. The predicted molar refractivity (Wildman–Crippen MR) is 99.3 cm³/mol. The van der Waals surface area contributed by atoms with Gasteiger partial charge < -0.3 is 5.11 Å². The highest BCUT2D eigenvalue weighted by Gasteiger charge is 2.37. The van der Waals surface area contributed by atoms with E-state index in [4.69, 9.17) is 0 Å². The fourth-order valence-electron chi connectivity index (χ4n) is 3.10. The van der Waals surface area contributed by atoms with E-state index in [1.54, 1.807) is 42.5 Å². The Morgan fingerprint density at radius 3 is 2.32 bits per heavy atom. The molecule has 140 valence electrons. The van der Waals surface area contributed by atoms with Gasteiger partial charge in [0.1, 0.15) is 11.5 Å². The fourth-order valence-corrected chi connectivity index (χ4v) is 3.10. The minimum atomic E-state index is -4.52. The number of aliphatic imine (C=N–C) groups is 1. The summed E-state index contributed by atoms with van der Waals surface area (Å²) in [7, 11) is 0. The number of carbonyl (C=O) groups excluding carboxylic acids is 1. The highest BCUT2D eigenvalue weighted by Crippen LogP contribution is 2.41. The number of fused-ring (bicyclic) bond motifs is 1. The summed E-state index contributed by atoms with van der Waals surface area (Å²) in [5.41, 5.74) is 0.167. The van der Waals surface area contributed by atoms with Gasteiger partial charge in [0.25, 0.3) is 5.91 Å². The van der Waals surface area contributed by atoms with Crippen LogP contribution in [0.15, 0.2) is 77.8 Å². The maximum Gasteiger partial charge on any atom is 0.416 e. The van der Waals surface area contributed by atoms with Crippen LogP contribution >= 0.6 is 0 Å². The first-order chi connectivity index (χ1) is 13.4. The molecule has 0 saturated heterocycles. The number of phenols is 1. The summed E-state index contributed by atoms with van der Waals surface area (Å²) >= 11 is 0. The smallest absolute Gasteiger partial charge is 0.416 e. The molecule has 4 rings (SSSR count). The van der Waals surface area contributed by atoms with Crippen LogP contribution in [0.4, 0.5) is 30.2 Å². The Bertz CT molecular complexity index is 1090. The fraction of sp³-hybridized carbons (Fsp3) is 0.0476. The first-order valence-corrected chi connectivity index (χ1v) is 8.34. The van der Waals surface area contributed by atoms with Crippen molar-refractivity contribution in [1.82, 2.24) is 0 Å². The third-order valence-corrected chi connectivity index (χ3v) is 4.33. The molecule has 1 aliphatic heterocycles. The average molecular weight is 382 g/mol. The number of nitrogens with zero attached hydrogens (tertiary/aromatic N) is 2. The molecule has 1 heterocycles. The van der Waals surface area contributed by atoms with Crippen LogP contribution in [0.1, 0.15) is 11.1 Å². The zero-order valence-corrected chi connectivity index (χ0v) is 14.3. The summed E-state index contributed by atoms with van der Waals surface area (Å²) in [5.74, 6) is -0.699. The van der Waals surface area contributed by atoms with E-state index in [0.717, 1.165) is 12.1 Å². The van der Waals surface area contributed by atoms with E-state index in [2.05, 4.69) is 4.99 Å². The Morgan fingerprint density at radius 1 is 0.893 bits per heavy atom. The molecule has 7 heteroatoms. The van der Waals surface area contributed by atoms with Gasteiger partial charge in [0.2, 0.25) is 0 Å². The van der Waals surface area contributed by atoms with E-state index in [1.807, 2.05) is 0 Å². The molecule has 3 aromatic carbocycles. The molecule has 28 heavy (non-hydrogen) atoms. The highest BCUT2D eigenvalue weighted by molar-refractivity contribution is 6.56. The Morgan fingerprint density at radius 2 is 1.61 bits per heavy atom. The van der Waals surface area contributed by atoms with Gasteiger partial charge in [0, 0.05) is 5.69 Å². The van der Waals surface area contributed by atoms with Crippen molar-refractivity contribution in [2.45, 2.75) is 6.18 Å². The standard InChI is InChI=1S/C21H13F3N2O2/c22-21(23,24)13-6-4-7-14(12-13)25-19-18-16(10-5-11-17(18)27)26(20(19)28)15-8-2-1-3-9-15/h1-12,27H. The molecule has 1 amide bonds. The average Bonchev–Trinajstić information content (AvgIpc) is 2.95. The molecule has 3 aromatic rings. The summed E-state index contributed by atoms with van der Waals surface area (Å²) in [6.45, 7) is 0. The van der Waals surface area contributed by atoms with Crippen molar-refractivity contribution < 1.29 is 23.1 Å². The molecule has 0 saturated carbocycles. The van der Waals surface area contributed by atoms with Crippen molar-refractivity contribution in [3.63, 3.8) is 0 Å². The van der Waals surface area contributed by atoms with Crippen LogP contribution in [0.5, 0.6) is 5.75 Å². The second kappa shape index (κ2) is 6.53. The summed E-state index contributed by atoms with van der Waals surface area (Å²) < 4.78 is 38.9. The second-order valence-corrected chi connectivity index (χ2v) is 6.16. The van der Waals surface area contributed by atoms with Gasteiger partial charge in [-0.1, -0.05) is 30.3 Å². The molecule has 0 fully saturated rings. The van der Waals surface area contributed by atoms with Gasteiger partial charge in [-0.25, -0.2) is 4.99 Å². The quantitative estimate of drug-likeness (QED) is 0.662. The first-order valence-electron chi connectivity index (χ1n) is 8.34. The molecule has 1 aliphatic rings. The number of halogens is 3. The zero-order chi connectivity index (χ0) is 19.9. The van der Waals surface area contributed by atoms with Crippen LogP contribution in [0, 0.1) is 0 Å². The molecule has 1 N–H and O–H groups in total. The molecular weight excluding hydrogens is 369 g/mol. The summed E-state index contributed by atoms with van der Waals surface area (Å²) in [6, 6.07) is 17.8. The van der Waals surface area contributed by atoms with Crippen molar-refractivity contribution in [2.24, 2.45) is 4.99 Å². The normalized spacial score (nSPS) is 15.2. The van der Waals surface area contributed by atoms with Crippen molar-refractivity contribution in [3.8, 4) is 5.75 Å². The predicted octanol–water partition coefficient (Wildman–Crippen LogP) is 5.21. The number of para-hydroxylation sites is 1. The van der Waals surface area contributed by atoms with Gasteiger partial charge in [-0.3, -0.25) is 9.69 Å². The van der Waals surface area contributed by atoms with Gasteiger partial charge >= 0.3 is 6.18 Å². The molecule has 0 spiro atoms. The van der Waals surface area contributed by atoms with Crippen LogP contribution in [0.2, 0.25) is 0 Å². The van der Waals surface area contributed by atoms with Crippen LogP contribution in [-0.2, 0) is 11.0 Å². The summed E-state index contributed by atoms with van der Waals surface area (Å²) in [4.78, 5) is 18.6. The third-order valence-electron chi connectivity index (χ3n) is 4.33. The molecule has 0 aromatic heterocycles. The number of hydrogen-bond donors (Lipinski definition) is 1. The number of amides is 1. The SMILES string of the molecule is O=C1C(=Nc2cccc(C(F)(F)F)c2)c2c(O)cccc2N1c1ccccc1. The van der Waals surface area contributed by atoms with Gasteiger partial charge in [-0.15, -0.1) is 0 Å². The van der Waals surface area contributed by atoms with Gasteiger partial charge in [-0.2, -0.15) is 13.2 Å². The maximum absolute atomic E-state index is 13.1. The lowest BCUT2D eigenvalue weighted by atomic mass is 10.1. The van der Waals surface area contributed by atoms with Gasteiger partial charge in [-0.05, 0) is 42.5 Å². The number of rotatable bonds is 2. The lowest BCUT2D eigenvalue weighted by Crippen LogP contribution is -2.25. The maximum atomic E-state index is 13.1. The number of alkyl halides is 3. The van der Waals surface area contributed by atoms with E-state index < -0.39 is 17.6 Å².